The Morgan fingerprint density at radius 3 is 2.44 bits per heavy atom. The maximum atomic E-state index is 13.5. The van der Waals surface area contributed by atoms with E-state index in [1.807, 2.05) is 13.0 Å². The molecule has 1 aromatic carbocycles. The third kappa shape index (κ3) is 5.40. The second-order valence-corrected chi connectivity index (χ2v) is 13.3. The van der Waals surface area contributed by atoms with Crippen molar-refractivity contribution in [2.24, 2.45) is 0 Å². The molecule has 0 saturated heterocycles. The first-order valence-electron chi connectivity index (χ1n) is 5.93. The van der Waals surface area contributed by atoms with Crippen LogP contribution in [0.15, 0.2) is 24.3 Å². The summed E-state index contributed by atoms with van der Waals surface area (Å²) >= 11 is 7.33. The van der Waals surface area contributed by atoms with Gasteiger partial charge in [0.2, 0.25) is 0 Å². The summed E-state index contributed by atoms with van der Waals surface area (Å²) in [6.45, 7) is 8.68. The van der Waals surface area contributed by atoms with Crippen LogP contribution in [0, 0.1) is 5.82 Å². The molecule has 0 radical (unpaired) electrons. The Hall–Kier alpha value is 0.110. The molecule has 0 spiro atoms. The normalized spacial score (nSPS) is 15.4. The molecule has 1 rings (SSSR count). The second-order valence-electron chi connectivity index (χ2n) is 5.00. The van der Waals surface area contributed by atoms with Crippen LogP contribution in [0.4, 0.5) is 4.39 Å². The van der Waals surface area contributed by atoms with E-state index >= 15 is 0 Å². The number of hydrogen-bond acceptors (Lipinski definition) is 3. The summed E-state index contributed by atoms with van der Waals surface area (Å²) in [6.07, 6.45) is 0.818. The smallest absolute Gasteiger partial charge is 0.128 e. The van der Waals surface area contributed by atoms with Gasteiger partial charge < -0.3 is 4.52 Å². The molecule has 0 heterocycles. The first-order chi connectivity index (χ1) is 8.26. The molecule has 1 atom stereocenters. The topological polar surface area (TPSA) is 9.23 Å². The van der Waals surface area contributed by atoms with Gasteiger partial charge >= 0.3 is 0 Å². The molecule has 5 heteroatoms. The lowest BCUT2D eigenvalue weighted by atomic mass is 10.2. The zero-order chi connectivity index (χ0) is 13.8. The molecule has 0 fully saturated rings. The van der Waals surface area contributed by atoms with Gasteiger partial charge in [0, 0.05) is 16.5 Å². The maximum Gasteiger partial charge on any atom is 0.128 e. The van der Waals surface area contributed by atoms with Crippen LogP contribution in [-0.2, 0) is 22.9 Å². The van der Waals surface area contributed by atoms with Crippen molar-refractivity contribution in [2.75, 3.05) is 6.16 Å². The van der Waals surface area contributed by atoms with Gasteiger partial charge in [-0.3, -0.25) is 0 Å². The minimum atomic E-state index is -1.92. The minimum Gasteiger partial charge on any atom is -0.337 e. The van der Waals surface area contributed by atoms with Gasteiger partial charge in [-0.05, 0) is 6.07 Å². The van der Waals surface area contributed by atoms with E-state index in [0.29, 0.717) is 5.56 Å². The van der Waals surface area contributed by atoms with E-state index < -0.39 is 5.47 Å². The zero-order valence-electron chi connectivity index (χ0n) is 11.3. The fraction of sp³-hybridized carbons (Fsp3) is 0.538. The highest BCUT2D eigenvalue weighted by atomic mass is 32.9. The predicted molar refractivity (Wildman–Crippen MR) is 83.4 cm³/mol. The summed E-state index contributed by atoms with van der Waals surface area (Å²) in [4.78, 5) is 0. The van der Waals surface area contributed by atoms with E-state index in [0.717, 1.165) is 6.16 Å². The molecule has 1 nitrogen and oxygen atoms in total. The Labute approximate surface area is 118 Å². The van der Waals surface area contributed by atoms with Gasteiger partial charge in [0.1, 0.15) is 11.3 Å². The van der Waals surface area contributed by atoms with Crippen molar-refractivity contribution in [3.8, 4) is 0 Å². The number of benzene rings is 1. The Bertz CT molecular complexity index is 443. The van der Waals surface area contributed by atoms with Crippen LogP contribution in [0.2, 0.25) is 0 Å². The minimum absolute atomic E-state index is 0.0702. The fourth-order valence-corrected chi connectivity index (χ4v) is 8.30. The highest BCUT2D eigenvalue weighted by Crippen LogP contribution is 2.64. The van der Waals surface area contributed by atoms with Crippen LogP contribution < -0.4 is 0 Å². The fourth-order valence-electron chi connectivity index (χ4n) is 1.38. The molecule has 0 saturated carbocycles. The molecule has 0 aliphatic rings. The van der Waals surface area contributed by atoms with Crippen LogP contribution in [-0.4, -0.2) is 10.9 Å². The Morgan fingerprint density at radius 1 is 1.33 bits per heavy atom. The lowest BCUT2D eigenvalue weighted by molar-refractivity contribution is 0.339. The van der Waals surface area contributed by atoms with Crippen LogP contribution in [0.5, 0.6) is 0 Å². The van der Waals surface area contributed by atoms with Crippen molar-refractivity contribution < 1.29 is 8.91 Å². The predicted octanol–water partition coefficient (Wildman–Crippen LogP) is 5.20. The quantitative estimate of drug-likeness (QED) is 0.692. The summed E-state index contributed by atoms with van der Waals surface area (Å²) in [5, 5.41) is 0. The second kappa shape index (κ2) is 6.51. The van der Waals surface area contributed by atoms with Gasteiger partial charge in [-0.2, -0.15) is 0 Å². The first-order valence-corrected chi connectivity index (χ1v) is 10.3. The highest BCUT2D eigenvalue weighted by Gasteiger charge is 2.25. The zero-order valence-corrected chi connectivity index (χ0v) is 13.8. The number of hydrogen-bond donors (Lipinski definition) is 0. The van der Waals surface area contributed by atoms with Gasteiger partial charge in [-0.25, -0.2) is 4.39 Å². The van der Waals surface area contributed by atoms with Gasteiger partial charge in [-0.1, -0.05) is 69.1 Å². The third-order valence-corrected chi connectivity index (χ3v) is 9.63. The lowest BCUT2D eigenvalue weighted by Crippen LogP contribution is -2.08. The van der Waals surface area contributed by atoms with Crippen molar-refractivity contribution >= 4 is 28.7 Å². The highest BCUT2D eigenvalue weighted by molar-refractivity contribution is 8.69. The first kappa shape index (κ1) is 16.2. The van der Waals surface area contributed by atoms with Crippen LogP contribution >= 0.6 is 16.8 Å². The molecule has 0 N–H and O–H groups in total. The third-order valence-electron chi connectivity index (χ3n) is 2.17. The van der Waals surface area contributed by atoms with Crippen LogP contribution in [0.25, 0.3) is 0 Å². The largest absolute Gasteiger partial charge is 0.337 e. The van der Waals surface area contributed by atoms with Gasteiger partial charge in [0.15, 0.2) is 0 Å². The van der Waals surface area contributed by atoms with Gasteiger partial charge in [0.05, 0.1) is 6.61 Å². The molecule has 1 unspecified atom stereocenters. The average Bonchev–Trinajstić information content (AvgIpc) is 2.26. The molecule has 18 heavy (non-hydrogen) atoms. The standard InChI is InChI=1S/C13H20FOPS2/c1-5-16(17,18-13(2,3)4)15-10-11-8-6-7-9-12(11)14/h6-9H,5,10H2,1-4H3. The molecular weight excluding hydrogens is 286 g/mol. The lowest BCUT2D eigenvalue weighted by Gasteiger charge is -2.28. The SMILES string of the molecule is CCP(=S)(OCc1ccccc1F)SC(C)(C)C. The maximum absolute atomic E-state index is 13.5. The van der Waals surface area contributed by atoms with E-state index in [9.17, 15) is 4.39 Å². The molecule has 0 aromatic heterocycles. The molecular formula is C13H20FOPS2. The van der Waals surface area contributed by atoms with Crippen molar-refractivity contribution in [2.45, 2.75) is 39.0 Å². The Balaban J connectivity index is 2.71. The molecule has 1 aromatic rings. The molecule has 0 bridgehead atoms. The van der Waals surface area contributed by atoms with E-state index in [4.69, 9.17) is 16.3 Å². The van der Waals surface area contributed by atoms with Crippen LogP contribution in [0.1, 0.15) is 33.3 Å². The van der Waals surface area contributed by atoms with E-state index in [-0.39, 0.29) is 17.2 Å². The summed E-state index contributed by atoms with van der Waals surface area (Å²) in [7, 11) is 0. The van der Waals surface area contributed by atoms with Crippen molar-refractivity contribution in [1.29, 1.82) is 0 Å². The van der Waals surface area contributed by atoms with Gasteiger partial charge in [-0.15, -0.1) is 0 Å². The van der Waals surface area contributed by atoms with Crippen molar-refractivity contribution in [1.82, 2.24) is 0 Å². The summed E-state index contributed by atoms with van der Waals surface area (Å²) < 4.78 is 19.4. The number of rotatable bonds is 5. The Kier molecular flexibility index (Phi) is 5.85. The summed E-state index contributed by atoms with van der Waals surface area (Å²) in [6, 6.07) is 6.68. The average molecular weight is 306 g/mol. The Morgan fingerprint density at radius 2 is 1.94 bits per heavy atom. The van der Waals surface area contributed by atoms with Crippen LogP contribution in [0.3, 0.4) is 0 Å². The van der Waals surface area contributed by atoms with Crippen molar-refractivity contribution in [3.05, 3.63) is 35.6 Å². The number of halogens is 1. The molecule has 0 aliphatic heterocycles. The van der Waals surface area contributed by atoms with E-state index in [2.05, 4.69) is 20.8 Å². The monoisotopic (exact) mass is 306 g/mol. The summed E-state index contributed by atoms with van der Waals surface area (Å²) in [5.41, 5.74) is -1.35. The molecule has 0 aliphatic carbocycles. The summed E-state index contributed by atoms with van der Waals surface area (Å²) in [5.74, 6) is -0.226. The van der Waals surface area contributed by atoms with E-state index in [1.54, 1.807) is 23.5 Å². The van der Waals surface area contributed by atoms with Gasteiger partial charge in [0.25, 0.3) is 0 Å². The molecule has 102 valence electrons. The molecule has 0 amide bonds. The van der Waals surface area contributed by atoms with Crippen molar-refractivity contribution in [3.63, 3.8) is 0 Å². The van der Waals surface area contributed by atoms with E-state index in [1.165, 1.54) is 6.07 Å².